The average Bonchev–Trinajstić information content (AvgIpc) is 3.19. The number of H-pyrrole nitrogens is 2. The molecule has 1 aliphatic carbocycles. The fraction of sp³-hybridized carbons (Fsp3) is 0.250. The summed E-state index contributed by atoms with van der Waals surface area (Å²) in [7, 11) is 3.15. The maximum atomic E-state index is 13.5. The van der Waals surface area contributed by atoms with Crippen LogP contribution in [-0.2, 0) is 4.79 Å². The number of allylic oxidation sites excluding steroid dienone is 2. The summed E-state index contributed by atoms with van der Waals surface area (Å²) in [4.78, 5) is 26.2. The number of Topliss-reactive ketones (excluding diaryl/α,β-unsaturated/α-hetero) is 1. The van der Waals surface area contributed by atoms with Crippen LogP contribution in [0.15, 0.2) is 52.5 Å². The van der Waals surface area contributed by atoms with Gasteiger partial charge in [0.05, 0.1) is 25.7 Å². The Bertz CT molecular complexity index is 1360. The summed E-state index contributed by atoms with van der Waals surface area (Å²) in [6.07, 6.45) is 0.798. The van der Waals surface area contributed by atoms with Gasteiger partial charge in [-0.05, 0) is 48.2 Å². The molecular weight excluding hydrogens is 446 g/mol. The SMILES string of the molecule is COc1ccc(C2CC(=O)C3=C(C2)Nc2[nH][nH]c(=O)c2C3c2cc(Cl)ccc2O)cc1OC. The van der Waals surface area contributed by atoms with Crippen LogP contribution in [0, 0.1) is 0 Å². The summed E-state index contributed by atoms with van der Waals surface area (Å²) in [5.74, 6) is 0.735. The molecule has 0 saturated carbocycles. The molecule has 2 atom stereocenters. The minimum atomic E-state index is -0.733. The number of benzene rings is 2. The van der Waals surface area contributed by atoms with E-state index in [2.05, 4.69) is 15.5 Å². The third kappa shape index (κ3) is 3.47. The monoisotopic (exact) mass is 467 g/mol. The molecular formula is C24H22ClN3O5. The first kappa shape index (κ1) is 21.2. The van der Waals surface area contributed by atoms with Crippen LogP contribution in [0.2, 0.25) is 5.02 Å². The van der Waals surface area contributed by atoms with Gasteiger partial charge in [0.2, 0.25) is 0 Å². The number of ketones is 1. The third-order valence-electron chi connectivity index (χ3n) is 6.36. The van der Waals surface area contributed by atoms with Crippen LogP contribution in [0.25, 0.3) is 0 Å². The number of rotatable bonds is 4. The van der Waals surface area contributed by atoms with Crippen molar-refractivity contribution in [2.24, 2.45) is 0 Å². The standard InChI is InChI=1S/C24H22ClN3O5/c1-32-18-6-3-11(9-19(18)33-2)12-7-15-21(17(30)8-12)20(14-10-13(25)4-5-16(14)29)22-23(26-15)27-28-24(22)31/h3-6,9-10,12,20,29H,7-8H2,1-2H3,(H3,26,27,28,31). The Morgan fingerprint density at radius 3 is 2.55 bits per heavy atom. The van der Waals surface area contributed by atoms with Gasteiger partial charge in [0.1, 0.15) is 11.6 Å². The van der Waals surface area contributed by atoms with E-state index in [-0.39, 0.29) is 29.4 Å². The number of aromatic hydroxyl groups is 1. The molecule has 2 unspecified atom stereocenters. The lowest BCUT2D eigenvalue weighted by atomic mass is 9.72. The number of anilines is 1. The molecule has 3 aromatic rings. The molecule has 0 saturated heterocycles. The number of halogens is 1. The molecule has 2 aliphatic rings. The molecule has 170 valence electrons. The summed E-state index contributed by atoms with van der Waals surface area (Å²) < 4.78 is 10.8. The van der Waals surface area contributed by atoms with Crippen LogP contribution in [0.3, 0.4) is 0 Å². The summed E-state index contributed by atoms with van der Waals surface area (Å²) in [5.41, 5.74) is 2.54. The predicted octanol–water partition coefficient (Wildman–Crippen LogP) is 4.04. The van der Waals surface area contributed by atoms with Gasteiger partial charge in [0.15, 0.2) is 17.3 Å². The van der Waals surface area contributed by atoms with E-state index in [1.54, 1.807) is 26.4 Å². The van der Waals surface area contributed by atoms with Crippen LogP contribution >= 0.6 is 11.6 Å². The van der Waals surface area contributed by atoms with E-state index in [1.165, 1.54) is 6.07 Å². The molecule has 0 bridgehead atoms. The van der Waals surface area contributed by atoms with Crippen LogP contribution in [0.4, 0.5) is 5.82 Å². The minimum Gasteiger partial charge on any atom is -0.508 e. The fourth-order valence-electron chi connectivity index (χ4n) is 4.83. The highest BCUT2D eigenvalue weighted by atomic mass is 35.5. The zero-order chi connectivity index (χ0) is 23.3. The highest BCUT2D eigenvalue weighted by Gasteiger charge is 2.41. The van der Waals surface area contributed by atoms with Crippen LogP contribution < -0.4 is 20.3 Å². The van der Waals surface area contributed by atoms with Gasteiger partial charge in [-0.1, -0.05) is 17.7 Å². The lowest BCUT2D eigenvalue weighted by Crippen LogP contribution is -2.31. The van der Waals surface area contributed by atoms with Crippen molar-refractivity contribution in [3.63, 3.8) is 0 Å². The van der Waals surface area contributed by atoms with Crippen molar-refractivity contribution in [1.82, 2.24) is 10.2 Å². The molecule has 9 heteroatoms. The molecule has 4 N–H and O–H groups in total. The lowest BCUT2D eigenvalue weighted by Gasteiger charge is -2.35. The highest BCUT2D eigenvalue weighted by Crippen LogP contribution is 2.49. The van der Waals surface area contributed by atoms with E-state index in [4.69, 9.17) is 21.1 Å². The smallest absolute Gasteiger partial charge is 0.270 e. The Kier molecular flexibility index (Phi) is 5.17. The second-order valence-electron chi connectivity index (χ2n) is 8.16. The van der Waals surface area contributed by atoms with Gasteiger partial charge in [0, 0.05) is 28.3 Å². The molecule has 0 fully saturated rings. The molecule has 1 aliphatic heterocycles. The van der Waals surface area contributed by atoms with Crippen molar-refractivity contribution in [3.8, 4) is 17.2 Å². The van der Waals surface area contributed by atoms with Crippen molar-refractivity contribution in [2.75, 3.05) is 19.5 Å². The first-order valence-electron chi connectivity index (χ1n) is 10.4. The normalized spacial score (nSPS) is 19.5. The first-order chi connectivity index (χ1) is 15.9. The second kappa shape index (κ2) is 8.04. The van der Waals surface area contributed by atoms with Crippen LogP contribution in [0.1, 0.15) is 41.4 Å². The molecule has 1 aromatic heterocycles. The first-order valence-corrected chi connectivity index (χ1v) is 10.8. The Balaban J connectivity index is 1.61. The van der Waals surface area contributed by atoms with Crippen molar-refractivity contribution < 1.29 is 19.4 Å². The second-order valence-corrected chi connectivity index (χ2v) is 8.60. The number of carbonyl (C=O) groups is 1. The number of aromatic nitrogens is 2. The minimum absolute atomic E-state index is 0.0282. The van der Waals surface area contributed by atoms with Gasteiger partial charge >= 0.3 is 0 Å². The van der Waals surface area contributed by atoms with E-state index >= 15 is 0 Å². The third-order valence-corrected chi connectivity index (χ3v) is 6.59. The van der Waals surface area contributed by atoms with Gasteiger partial charge in [-0.25, -0.2) is 0 Å². The van der Waals surface area contributed by atoms with Crippen molar-refractivity contribution in [2.45, 2.75) is 24.7 Å². The van der Waals surface area contributed by atoms with E-state index in [9.17, 15) is 14.7 Å². The van der Waals surface area contributed by atoms with Gasteiger partial charge < -0.3 is 19.9 Å². The number of nitrogens with one attached hydrogen (secondary N) is 3. The lowest BCUT2D eigenvalue weighted by molar-refractivity contribution is -0.116. The number of hydrogen-bond acceptors (Lipinski definition) is 6. The molecule has 2 aromatic carbocycles. The van der Waals surface area contributed by atoms with E-state index in [0.29, 0.717) is 51.2 Å². The number of methoxy groups -OCH3 is 2. The molecule has 0 amide bonds. The van der Waals surface area contributed by atoms with Gasteiger partial charge in [-0.15, -0.1) is 0 Å². The molecule has 5 rings (SSSR count). The van der Waals surface area contributed by atoms with Gasteiger partial charge in [-0.2, -0.15) is 0 Å². The van der Waals surface area contributed by atoms with E-state index in [1.807, 2.05) is 18.2 Å². The number of phenols is 1. The summed E-state index contributed by atoms with van der Waals surface area (Å²) >= 11 is 6.20. The number of phenolic OH excluding ortho intramolecular Hbond substituents is 1. The Labute approximate surface area is 194 Å². The van der Waals surface area contributed by atoms with Crippen molar-refractivity contribution in [3.05, 3.63) is 79.7 Å². The van der Waals surface area contributed by atoms with E-state index < -0.39 is 5.92 Å². The van der Waals surface area contributed by atoms with Crippen molar-refractivity contribution >= 4 is 23.2 Å². The zero-order valence-electron chi connectivity index (χ0n) is 18.0. The maximum absolute atomic E-state index is 13.5. The molecule has 8 nitrogen and oxygen atoms in total. The molecule has 2 heterocycles. The Morgan fingerprint density at radius 2 is 1.79 bits per heavy atom. The number of ether oxygens (including phenoxy) is 2. The quantitative estimate of drug-likeness (QED) is 0.460. The van der Waals surface area contributed by atoms with Crippen molar-refractivity contribution in [1.29, 1.82) is 0 Å². The number of fused-ring (bicyclic) bond motifs is 1. The Hall–Kier alpha value is -3.65. The topological polar surface area (TPSA) is 116 Å². The average molecular weight is 468 g/mol. The highest BCUT2D eigenvalue weighted by molar-refractivity contribution is 6.30. The van der Waals surface area contributed by atoms with Crippen LogP contribution in [-0.4, -0.2) is 35.3 Å². The number of hydrogen-bond donors (Lipinski definition) is 4. The number of aromatic amines is 2. The summed E-state index contributed by atoms with van der Waals surface area (Å²) in [6.45, 7) is 0. The van der Waals surface area contributed by atoms with E-state index in [0.717, 1.165) is 5.56 Å². The van der Waals surface area contributed by atoms with Crippen LogP contribution in [0.5, 0.6) is 17.2 Å². The molecule has 0 radical (unpaired) electrons. The van der Waals surface area contributed by atoms with Gasteiger partial charge in [0.25, 0.3) is 5.56 Å². The largest absolute Gasteiger partial charge is 0.508 e. The Morgan fingerprint density at radius 1 is 1.00 bits per heavy atom. The summed E-state index contributed by atoms with van der Waals surface area (Å²) in [5, 5.41) is 19.7. The predicted molar refractivity (Wildman–Crippen MR) is 124 cm³/mol. The molecule has 0 spiro atoms. The molecule has 33 heavy (non-hydrogen) atoms. The maximum Gasteiger partial charge on any atom is 0.270 e. The zero-order valence-corrected chi connectivity index (χ0v) is 18.7. The summed E-state index contributed by atoms with van der Waals surface area (Å²) in [6, 6.07) is 10.3. The van der Waals surface area contributed by atoms with Gasteiger partial charge in [-0.3, -0.25) is 19.8 Å². The number of carbonyl (C=O) groups excluding carboxylic acids is 1. The fourth-order valence-corrected chi connectivity index (χ4v) is 5.01.